The number of rotatable bonds is 6. The van der Waals surface area contributed by atoms with Crippen LogP contribution in [0.2, 0.25) is 0 Å². The fraction of sp³-hybridized carbons (Fsp3) is 0.0571. The fourth-order valence-electron chi connectivity index (χ4n) is 13.0. The quantitative estimate of drug-likeness (QED) is 0.161. The molecule has 3 aliphatic rings. The van der Waals surface area contributed by atoms with Gasteiger partial charge in [0.25, 0.3) is 0 Å². The summed E-state index contributed by atoms with van der Waals surface area (Å²) in [6.07, 6.45) is 0. The number of thiophene rings is 1. The topological polar surface area (TPSA) is 3.24 Å². The van der Waals surface area contributed by atoms with Crippen molar-refractivity contribution in [2.75, 3.05) is 4.90 Å². The van der Waals surface area contributed by atoms with Crippen LogP contribution in [0.15, 0.2) is 249 Å². The molecule has 338 valence electrons. The Morgan fingerprint density at radius 3 is 1.40 bits per heavy atom. The molecular weight excluding hydrogens is 887 g/mol. The average molecular weight is 934 g/mol. The highest BCUT2D eigenvalue weighted by molar-refractivity contribution is 7.25. The van der Waals surface area contributed by atoms with Crippen LogP contribution in [-0.4, -0.2) is 0 Å². The minimum atomic E-state index is -0.395. The second-order valence-corrected chi connectivity index (χ2v) is 21.4. The molecule has 0 amide bonds. The molecular formula is C70H47NS. The van der Waals surface area contributed by atoms with Crippen LogP contribution in [0.5, 0.6) is 0 Å². The average Bonchev–Trinajstić information content (AvgIpc) is 4.12. The van der Waals surface area contributed by atoms with Crippen molar-refractivity contribution in [3.63, 3.8) is 0 Å². The lowest BCUT2D eigenvalue weighted by Crippen LogP contribution is -2.25. The van der Waals surface area contributed by atoms with Crippen LogP contribution in [0.3, 0.4) is 0 Å². The van der Waals surface area contributed by atoms with E-state index >= 15 is 0 Å². The van der Waals surface area contributed by atoms with Crippen LogP contribution < -0.4 is 4.90 Å². The van der Waals surface area contributed by atoms with E-state index in [1.807, 2.05) is 11.3 Å². The summed E-state index contributed by atoms with van der Waals surface area (Å²) < 4.78 is 2.57. The first-order valence-corrected chi connectivity index (χ1v) is 26.0. The molecule has 11 aromatic carbocycles. The second-order valence-electron chi connectivity index (χ2n) is 20.3. The van der Waals surface area contributed by atoms with Crippen LogP contribution in [-0.2, 0) is 10.8 Å². The van der Waals surface area contributed by atoms with Crippen molar-refractivity contribution in [2.24, 2.45) is 0 Å². The third kappa shape index (κ3) is 5.82. The molecule has 0 fully saturated rings. The van der Waals surface area contributed by atoms with Gasteiger partial charge in [-0.15, -0.1) is 11.3 Å². The first-order chi connectivity index (χ1) is 35.4. The molecule has 0 saturated carbocycles. The number of hydrogen-bond donors (Lipinski definition) is 0. The lowest BCUT2D eigenvalue weighted by atomic mass is 9.70. The largest absolute Gasteiger partial charge is 0.310 e. The summed E-state index contributed by atoms with van der Waals surface area (Å²) in [5.41, 5.74) is 26.1. The molecule has 15 rings (SSSR count). The molecule has 0 N–H and O–H groups in total. The Hall–Kier alpha value is -8.56. The molecule has 1 spiro atoms. The molecule has 72 heavy (non-hydrogen) atoms. The smallest absolute Gasteiger partial charge is 0.0725 e. The molecule has 0 atom stereocenters. The van der Waals surface area contributed by atoms with Gasteiger partial charge in [-0.2, -0.15) is 0 Å². The van der Waals surface area contributed by atoms with Crippen molar-refractivity contribution in [3.8, 4) is 66.8 Å². The van der Waals surface area contributed by atoms with Gasteiger partial charge in [-0.1, -0.05) is 214 Å². The Morgan fingerprint density at radius 2 is 0.736 bits per heavy atom. The summed E-state index contributed by atoms with van der Waals surface area (Å²) in [6.45, 7) is 4.76. The summed E-state index contributed by atoms with van der Waals surface area (Å²) in [5, 5.41) is 2.58. The predicted octanol–water partition coefficient (Wildman–Crippen LogP) is 19.2. The summed E-state index contributed by atoms with van der Waals surface area (Å²) in [6, 6.07) is 93.6. The lowest BCUT2D eigenvalue weighted by Gasteiger charge is -2.30. The Bertz CT molecular complexity index is 4150. The molecule has 2 heteroatoms. The van der Waals surface area contributed by atoms with Gasteiger partial charge in [0.05, 0.1) is 5.41 Å². The van der Waals surface area contributed by atoms with E-state index in [1.165, 1.54) is 120 Å². The first kappa shape index (κ1) is 41.2. The number of benzene rings is 11. The van der Waals surface area contributed by atoms with E-state index in [1.54, 1.807) is 0 Å². The van der Waals surface area contributed by atoms with E-state index in [0.717, 1.165) is 17.1 Å². The third-order valence-corrected chi connectivity index (χ3v) is 17.4. The number of hydrogen-bond acceptors (Lipinski definition) is 2. The van der Waals surface area contributed by atoms with Crippen molar-refractivity contribution in [1.29, 1.82) is 0 Å². The Kier molecular flexibility index (Phi) is 8.86. The van der Waals surface area contributed by atoms with Gasteiger partial charge in [0.1, 0.15) is 0 Å². The Morgan fingerprint density at radius 1 is 0.278 bits per heavy atom. The standard InChI is InChI=1S/C70H47NS/c1-69(2)61-25-13-9-21-52(61)56-36-32-49(42-66(56)69)71(50-33-37-58-57-34-29-46(44-17-5-3-6-18-44)40-67(57)72-68(58)43-50)48-31-35-51(45-19-7-4-8-20-45)59(41-48)47-30-38-65-60(39-47)55-24-12-16-28-64(55)70(65)62-26-14-10-22-53(62)54-23-11-15-27-63(54)70/h3-43H,1-2H3. The summed E-state index contributed by atoms with van der Waals surface area (Å²) in [7, 11) is 0. The van der Waals surface area contributed by atoms with Crippen LogP contribution >= 0.6 is 11.3 Å². The van der Waals surface area contributed by atoms with Crippen molar-refractivity contribution in [1.82, 2.24) is 0 Å². The number of fused-ring (bicyclic) bond motifs is 16. The van der Waals surface area contributed by atoms with Crippen molar-refractivity contribution < 1.29 is 0 Å². The highest BCUT2D eigenvalue weighted by atomic mass is 32.1. The van der Waals surface area contributed by atoms with Crippen molar-refractivity contribution >= 4 is 48.6 Å². The molecule has 1 aromatic heterocycles. The monoisotopic (exact) mass is 933 g/mol. The van der Waals surface area contributed by atoms with Crippen molar-refractivity contribution in [3.05, 3.63) is 282 Å². The van der Waals surface area contributed by atoms with Gasteiger partial charge in [-0.3, -0.25) is 0 Å². The molecule has 0 bridgehead atoms. The molecule has 3 aliphatic carbocycles. The van der Waals surface area contributed by atoms with E-state index in [9.17, 15) is 0 Å². The van der Waals surface area contributed by atoms with Crippen LogP contribution in [0, 0.1) is 0 Å². The second kappa shape index (κ2) is 15.5. The third-order valence-electron chi connectivity index (χ3n) is 16.3. The number of anilines is 3. The normalized spacial score (nSPS) is 13.9. The zero-order valence-electron chi connectivity index (χ0n) is 40.0. The maximum absolute atomic E-state index is 2.50. The van der Waals surface area contributed by atoms with E-state index in [4.69, 9.17) is 0 Å². The van der Waals surface area contributed by atoms with E-state index in [0.29, 0.717) is 0 Å². The van der Waals surface area contributed by atoms with Gasteiger partial charge in [0.15, 0.2) is 0 Å². The maximum Gasteiger partial charge on any atom is 0.0725 e. The molecule has 1 nitrogen and oxygen atoms in total. The van der Waals surface area contributed by atoms with Gasteiger partial charge in [0, 0.05) is 42.6 Å². The Labute approximate surface area is 424 Å². The summed E-state index contributed by atoms with van der Waals surface area (Å²) >= 11 is 1.88. The van der Waals surface area contributed by atoms with Gasteiger partial charge in [-0.25, -0.2) is 0 Å². The molecule has 0 aliphatic heterocycles. The first-order valence-electron chi connectivity index (χ1n) is 25.2. The lowest BCUT2D eigenvalue weighted by molar-refractivity contribution is 0.660. The molecule has 1 heterocycles. The van der Waals surface area contributed by atoms with Gasteiger partial charge in [0.2, 0.25) is 0 Å². The molecule has 0 radical (unpaired) electrons. The summed E-state index contributed by atoms with van der Waals surface area (Å²) in [5.74, 6) is 0. The van der Waals surface area contributed by atoms with E-state index < -0.39 is 5.41 Å². The fourth-order valence-corrected chi connectivity index (χ4v) is 14.2. The zero-order chi connectivity index (χ0) is 47.7. The molecule has 12 aromatic rings. The zero-order valence-corrected chi connectivity index (χ0v) is 40.8. The van der Waals surface area contributed by atoms with E-state index in [2.05, 4.69) is 267 Å². The minimum absolute atomic E-state index is 0.153. The van der Waals surface area contributed by atoms with Gasteiger partial charge < -0.3 is 4.90 Å². The Balaban J connectivity index is 0.942. The minimum Gasteiger partial charge on any atom is -0.310 e. The number of nitrogens with zero attached hydrogens (tertiary/aromatic N) is 1. The highest BCUT2D eigenvalue weighted by Gasteiger charge is 2.51. The highest BCUT2D eigenvalue weighted by Crippen LogP contribution is 2.63. The summed E-state index contributed by atoms with van der Waals surface area (Å²) in [4.78, 5) is 2.50. The SMILES string of the molecule is CC1(C)c2ccccc2-c2ccc(N(c3ccc(-c4ccccc4)c(-c4ccc5c(c4)-c4ccccc4C54c5ccccc5-c5ccccc54)c3)c3ccc4c(c3)sc3cc(-c5ccccc5)ccc34)cc21. The van der Waals surface area contributed by atoms with Gasteiger partial charge in [-0.05, 0) is 149 Å². The van der Waals surface area contributed by atoms with Crippen LogP contribution in [0.1, 0.15) is 47.2 Å². The predicted molar refractivity (Wildman–Crippen MR) is 304 cm³/mol. The van der Waals surface area contributed by atoms with Crippen LogP contribution in [0.25, 0.3) is 86.9 Å². The molecule has 0 unspecified atom stereocenters. The van der Waals surface area contributed by atoms with Crippen LogP contribution in [0.4, 0.5) is 17.1 Å². The van der Waals surface area contributed by atoms with Crippen molar-refractivity contribution in [2.45, 2.75) is 24.7 Å². The maximum atomic E-state index is 2.50. The van der Waals surface area contributed by atoms with E-state index in [-0.39, 0.29) is 5.41 Å². The van der Waals surface area contributed by atoms with Gasteiger partial charge >= 0.3 is 0 Å². The molecule has 0 saturated heterocycles.